The quantitative estimate of drug-likeness (QED) is 0.823. The van der Waals surface area contributed by atoms with Gasteiger partial charge in [-0.1, -0.05) is 18.2 Å². The van der Waals surface area contributed by atoms with Gasteiger partial charge in [0.25, 0.3) is 0 Å². The Kier molecular flexibility index (Phi) is 2.95. The first-order valence-corrected chi connectivity index (χ1v) is 5.15. The van der Waals surface area contributed by atoms with E-state index in [9.17, 15) is 14.0 Å². The number of rotatable bonds is 2. The summed E-state index contributed by atoms with van der Waals surface area (Å²) >= 11 is 0. The second kappa shape index (κ2) is 4.40. The van der Waals surface area contributed by atoms with Gasteiger partial charge in [-0.2, -0.15) is 0 Å². The Balaban J connectivity index is 2.28. The van der Waals surface area contributed by atoms with Crippen molar-refractivity contribution in [2.75, 3.05) is 0 Å². The Morgan fingerprint density at radius 1 is 1.47 bits per heavy atom. The van der Waals surface area contributed by atoms with Crippen LogP contribution in [-0.4, -0.2) is 22.1 Å². The molecule has 1 aliphatic heterocycles. The van der Waals surface area contributed by atoms with E-state index in [1.54, 1.807) is 18.2 Å². The topological polar surface area (TPSA) is 69.6 Å². The summed E-state index contributed by atoms with van der Waals surface area (Å²) in [5, 5.41) is 9.60. The van der Waals surface area contributed by atoms with Gasteiger partial charge in [0.1, 0.15) is 5.82 Å². The summed E-state index contributed by atoms with van der Waals surface area (Å²) in [5.74, 6) is -0.787. The molecule has 1 atom stereocenters. The van der Waals surface area contributed by atoms with Gasteiger partial charge in [-0.3, -0.25) is 4.79 Å². The van der Waals surface area contributed by atoms with Crippen molar-refractivity contribution in [3.63, 3.8) is 0 Å². The molecule has 1 fully saturated rings. The molecule has 0 bridgehead atoms. The molecule has 6 heteroatoms. The fourth-order valence-electron chi connectivity index (χ4n) is 1.97. The maximum Gasteiger partial charge on any atom is 0.423 e. The number of nitrogens with zero attached hydrogens (tertiary/aromatic N) is 1. The molecule has 0 saturated carbocycles. The molecule has 1 saturated heterocycles. The van der Waals surface area contributed by atoms with Crippen LogP contribution in [0.25, 0.3) is 0 Å². The largest absolute Gasteiger partial charge is 0.464 e. The first kappa shape index (κ1) is 11.4. The summed E-state index contributed by atoms with van der Waals surface area (Å²) in [6.07, 6.45) is -0.721. The predicted molar refractivity (Wildman–Crippen MR) is 56.4 cm³/mol. The number of halogens is 1. The highest BCUT2D eigenvalue weighted by Gasteiger charge is 2.34. The van der Waals surface area contributed by atoms with Crippen LogP contribution in [0.3, 0.4) is 0 Å². The van der Waals surface area contributed by atoms with Crippen molar-refractivity contribution in [3.8, 4) is 0 Å². The third-order valence-electron chi connectivity index (χ3n) is 2.69. The Bertz CT molecular complexity index is 464. The monoisotopic (exact) mass is 238 g/mol. The van der Waals surface area contributed by atoms with E-state index in [0.29, 0.717) is 12.0 Å². The van der Waals surface area contributed by atoms with Crippen molar-refractivity contribution in [2.45, 2.75) is 18.9 Å². The van der Waals surface area contributed by atoms with Gasteiger partial charge in [0.2, 0.25) is 5.91 Å². The highest BCUT2D eigenvalue weighted by molar-refractivity contribution is 5.81. The Hall–Kier alpha value is -2.11. The zero-order chi connectivity index (χ0) is 12.4. The van der Waals surface area contributed by atoms with Crippen LogP contribution < -0.4 is 5.43 Å². The van der Waals surface area contributed by atoms with Crippen LogP contribution in [0, 0.1) is 5.82 Å². The number of amides is 2. The van der Waals surface area contributed by atoms with Gasteiger partial charge in [0.15, 0.2) is 0 Å². The molecule has 0 spiro atoms. The molecule has 0 aromatic heterocycles. The van der Waals surface area contributed by atoms with E-state index >= 15 is 0 Å². The number of carbonyl (C=O) groups excluding carboxylic acids is 1. The van der Waals surface area contributed by atoms with Crippen molar-refractivity contribution < 1.29 is 19.1 Å². The minimum absolute atomic E-state index is 0.208. The average molecular weight is 238 g/mol. The molecule has 1 heterocycles. The highest BCUT2D eigenvalue weighted by Crippen LogP contribution is 2.32. The first-order chi connectivity index (χ1) is 8.09. The van der Waals surface area contributed by atoms with Gasteiger partial charge in [0, 0.05) is 12.0 Å². The van der Waals surface area contributed by atoms with Gasteiger partial charge in [0.05, 0.1) is 6.04 Å². The van der Waals surface area contributed by atoms with Gasteiger partial charge in [-0.05, 0) is 12.5 Å². The molecule has 0 radical (unpaired) electrons. The summed E-state index contributed by atoms with van der Waals surface area (Å²) < 4.78 is 13.6. The van der Waals surface area contributed by atoms with Crippen molar-refractivity contribution >= 4 is 12.0 Å². The lowest BCUT2D eigenvalue weighted by Gasteiger charge is -2.24. The molecule has 2 N–H and O–H groups in total. The Morgan fingerprint density at radius 2 is 2.18 bits per heavy atom. The fraction of sp³-hybridized carbons (Fsp3) is 0.273. The van der Waals surface area contributed by atoms with Crippen molar-refractivity contribution in [1.82, 2.24) is 10.4 Å². The second-order valence-corrected chi connectivity index (χ2v) is 3.76. The molecule has 5 nitrogen and oxygen atoms in total. The summed E-state index contributed by atoms with van der Waals surface area (Å²) in [5.41, 5.74) is 2.33. The molecule has 2 amide bonds. The van der Waals surface area contributed by atoms with Crippen LogP contribution in [0.2, 0.25) is 0 Å². The van der Waals surface area contributed by atoms with Crippen molar-refractivity contribution in [3.05, 3.63) is 35.6 Å². The number of hydrogen-bond acceptors (Lipinski definition) is 2. The third-order valence-corrected chi connectivity index (χ3v) is 2.69. The normalized spacial score (nSPS) is 19.5. The van der Waals surface area contributed by atoms with Crippen LogP contribution in [0.1, 0.15) is 24.4 Å². The zero-order valence-corrected chi connectivity index (χ0v) is 8.89. The lowest BCUT2D eigenvalue weighted by atomic mass is 10.0. The van der Waals surface area contributed by atoms with Gasteiger partial charge in [-0.25, -0.2) is 19.6 Å². The van der Waals surface area contributed by atoms with E-state index < -0.39 is 18.0 Å². The SMILES string of the molecule is O=C(O)NN1C(=O)CCC1c1ccccc1F. The van der Waals surface area contributed by atoms with E-state index in [-0.39, 0.29) is 12.3 Å². The number of carboxylic acid groups (broad SMARTS) is 1. The van der Waals surface area contributed by atoms with Gasteiger partial charge in [-0.15, -0.1) is 0 Å². The van der Waals surface area contributed by atoms with Crippen LogP contribution in [0.15, 0.2) is 24.3 Å². The zero-order valence-electron chi connectivity index (χ0n) is 8.89. The van der Waals surface area contributed by atoms with Crippen molar-refractivity contribution in [1.29, 1.82) is 0 Å². The lowest BCUT2D eigenvalue weighted by molar-refractivity contribution is -0.131. The van der Waals surface area contributed by atoms with Crippen LogP contribution in [-0.2, 0) is 4.79 Å². The van der Waals surface area contributed by atoms with Gasteiger partial charge >= 0.3 is 6.09 Å². The third kappa shape index (κ3) is 2.20. The second-order valence-electron chi connectivity index (χ2n) is 3.76. The lowest BCUT2D eigenvalue weighted by Crippen LogP contribution is -2.43. The molecule has 1 unspecified atom stereocenters. The maximum atomic E-state index is 13.6. The Morgan fingerprint density at radius 3 is 2.82 bits per heavy atom. The van der Waals surface area contributed by atoms with E-state index in [1.807, 2.05) is 5.43 Å². The van der Waals surface area contributed by atoms with E-state index in [0.717, 1.165) is 5.01 Å². The first-order valence-electron chi connectivity index (χ1n) is 5.15. The van der Waals surface area contributed by atoms with Gasteiger partial charge < -0.3 is 5.11 Å². The highest BCUT2D eigenvalue weighted by atomic mass is 19.1. The van der Waals surface area contributed by atoms with Crippen molar-refractivity contribution in [2.24, 2.45) is 0 Å². The standard InChI is InChI=1S/C11H11FN2O3/c12-8-4-2-1-3-7(8)9-5-6-10(15)14(9)13-11(16)17/h1-4,9,13H,5-6H2,(H,16,17). The number of benzene rings is 1. The summed E-state index contributed by atoms with van der Waals surface area (Å²) in [6, 6.07) is 5.47. The molecule has 0 aliphatic carbocycles. The maximum absolute atomic E-state index is 13.6. The molecular formula is C11H11FN2O3. The van der Waals surface area contributed by atoms with Crippen LogP contribution >= 0.6 is 0 Å². The summed E-state index contributed by atoms with van der Waals surface area (Å²) in [7, 11) is 0. The molecule has 1 aliphatic rings. The summed E-state index contributed by atoms with van der Waals surface area (Å²) in [6.45, 7) is 0. The molecule has 1 aromatic rings. The van der Waals surface area contributed by atoms with Crippen LogP contribution in [0.5, 0.6) is 0 Å². The van der Waals surface area contributed by atoms with E-state index in [2.05, 4.69) is 0 Å². The average Bonchev–Trinajstić information content (AvgIpc) is 2.61. The molecular weight excluding hydrogens is 227 g/mol. The molecule has 17 heavy (non-hydrogen) atoms. The number of nitrogens with one attached hydrogen (secondary N) is 1. The predicted octanol–water partition coefficient (Wildman–Crippen LogP) is 1.67. The smallest absolute Gasteiger partial charge is 0.423 e. The molecule has 2 rings (SSSR count). The number of carbonyl (C=O) groups is 2. The number of hydrogen-bond donors (Lipinski definition) is 2. The Labute approximate surface area is 96.8 Å². The molecule has 1 aromatic carbocycles. The summed E-state index contributed by atoms with van der Waals surface area (Å²) in [4.78, 5) is 22.0. The van der Waals surface area contributed by atoms with Crippen LogP contribution in [0.4, 0.5) is 9.18 Å². The minimum Gasteiger partial charge on any atom is -0.464 e. The minimum atomic E-state index is -1.33. The number of hydrazine groups is 1. The fourth-order valence-corrected chi connectivity index (χ4v) is 1.97. The van der Waals surface area contributed by atoms with E-state index in [4.69, 9.17) is 5.11 Å². The molecule has 90 valence electrons. The van der Waals surface area contributed by atoms with E-state index in [1.165, 1.54) is 6.07 Å².